The Balaban J connectivity index is 3.97. The summed E-state index contributed by atoms with van der Waals surface area (Å²) < 4.78 is 0. The predicted octanol–water partition coefficient (Wildman–Crippen LogP) is 5.91. The molecule has 0 bridgehead atoms. The summed E-state index contributed by atoms with van der Waals surface area (Å²) in [6.45, 7) is 19.0. The summed E-state index contributed by atoms with van der Waals surface area (Å²) in [5, 5.41) is 0. The van der Waals surface area contributed by atoms with Gasteiger partial charge in [-0.3, -0.25) is 0 Å². The van der Waals surface area contributed by atoms with Gasteiger partial charge in [-0.05, 0) is 35.5 Å². The van der Waals surface area contributed by atoms with Crippen molar-refractivity contribution in [1.82, 2.24) is 0 Å². The van der Waals surface area contributed by atoms with Gasteiger partial charge in [0.2, 0.25) is 0 Å². The van der Waals surface area contributed by atoms with Gasteiger partial charge in [0, 0.05) is 0 Å². The summed E-state index contributed by atoms with van der Waals surface area (Å²) in [6.07, 6.45) is 5.55. The molecule has 0 amide bonds. The van der Waals surface area contributed by atoms with E-state index in [1.165, 1.54) is 25.7 Å². The molecule has 0 aliphatic carbocycles. The average molecular weight is 226 g/mol. The van der Waals surface area contributed by atoms with E-state index in [2.05, 4.69) is 55.4 Å². The fourth-order valence-corrected chi connectivity index (χ4v) is 2.79. The number of hydrogen-bond donors (Lipinski definition) is 0. The molecule has 0 aromatic carbocycles. The van der Waals surface area contributed by atoms with Crippen molar-refractivity contribution in [1.29, 1.82) is 0 Å². The number of unbranched alkanes of at least 4 members (excludes halogenated alkanes) is 1. The average Bonchev–Trinajstić information content (AvgIpc) is 1.97. The van der Waals surface area contributed by atoms with Crippen molar-refractivity contribution in [3.63, 3.8) is 0 Å². The van der Waals surface area contributed by atoms with Crippen molar-refractivity contribution in [2.75, 3.05) is 0 Å². The third kappa shape index (κ3) is 7.30. The van der Waals surface area contributed by atoms with E-state index in [-0.39, 0.29) is 0 Å². The lowest BCUT2D eigenvalue weighted by atomic mass is 9.71. The highest BCUT2D eigenvalue weighted by Crippen LogP contribution is 2.36. The molecule has 0 radical (unpaired) electrons. The van der Waals surface area contributed by atoms with Gasteiger partial charge in [-0.1, -0.05) is 68.2 Å². The van der Waals surface area contributed by atoms with Crippen molar-refractivity contribution in [2.45, 2.75) is 81.1 Å². The molecule has 0 aromatic heterocycles. The fourth-order valence-electron chi connectivity index (χ4n) is 2.79. The first-order chi connectivity index (χ1) is 7.04. The summed E-state index contributed by atoms with van der Waals surface area (Å²) in [4.78, 5) is 0. The maximum atomic E-state index is 2.39. The summed E-state index contributed by atoms with van der Waals surface area (Å²) in [7, 11) is 0. The summed E-state index contributed by atoms with van der Waals surface area (Å²) in [5.74, 6) is 1.68. The minimum atomic E-state index is 0.468. The van der Waals surface area contributed by atoms with E-state index in [1.807, 2.05) is 0 Å². The van der Waals surface area contributed by atoms with E-state index < -0.39 is 0 Å². The van der Waals surface area contributed by atoms with Gasteiger partial charge in [-0.25, -0.2) is 0 Å². The van der Waals surface area contributed by atoms with Gasteiger partial charge in [0.05, 0.1) is 0 Å². The molecule has 0 saturated carbocycles. The molecule has 0 heteroatoms. The first-order valence-corrected chi connectivity index (χ1v) is 7.04. The van der Waals surface area contributed by atoms with Crippen LogP contribution in [0.3, 0.4) is 0 Å². The molecule has 98 valence electrons. The fraction of sp³-hybridized carbons (Fsp3) is 1.00. The van der Waals surface area contributed by atoms with Crippen LogP contribution in [0, 0.1) is 22.7 Å². The van der Waals surface area contributed by atoms with E-state index in [9.17, 15) is 0 Å². The topological polar surface area (TPSA) is 0 Å². The van der Waals surface area contributed by atoms with Crippen molar-refractivity contribution < 1.29 is 0 Å². The summed E-state index contributed by atoms with van der Waals surface area (Å²) >= 11 is 0. The Morgan fingerprint density at radius 1 is 0.812 bits per heavy atom. The molecule has 0 saturated heterocycles. The highest BCUT2D eigenvalue weighted by molar-refractivity contribution is 4.76. The van der Waals surface area contributed by atoms with E-state index in [0.717, 1.165) is 11.8 Å². The zero-order valence-corrected chi connectivity index (χ0v) is 13.0. The van der Waals surface area contributed by atoms with Gasteiger partial charge in [0.25, 0.3) is 0 Å². The minimum Gasteiger partial charge on any atom is -0.0625 e. The second-order valence-electron chi connectivity index (χ2n) is 8.02. The highest BCUT2D eigenvalue weighted by atomic mass is 14.3. The lowest BCUT2D eigenvalue weighted by Crippen LogP contribution is -2.25. The van der Waals surface area contributed by atoms with Crippen LogP contribution in [0.15, 0.2) is 0 Å². The third-order valence-corrected chi connectivity index (χ3v) is 3.61. The smallest absolute Gasteiger partial charge is 0.0342 e. The molecule has 16 heavy (non-hydrogen) atoms. The van der Waals surface area contributed by atoms with Gasteiger partial charge < -0.3 is 0 Å². The first kappa shape index (κ1) is 16.0. The van der Waals surface area contributed by atoms with Gasteiger partial charge in [0.15, 0.2) is 0 Å². The summed E-state index contributed by atoms with van der Waals surface area (Å²) in [6, 6.07) is 0. The van der Waals surface area contributed by atoms with Crippen molar-refractivity contribution in [3.8, 4) is 0 Å². The van der Waals surface area contributed by atoms with Crippen LogP contribution >= 0.6 is 0 Å². The van der Waals surface area contributed by atoms with Crippen molar-refractivity contribution >= 4 is 0 Å². The number of hydrogen-bond acceptors (Lipinski definition) is 0. The van der Waals surface area contributed by atoms with Crippen molar-refractivity contribution in [3.05, 3.63) is 0 Å². The van der Waals surface area contributed by atoms with Crippen LogP contribution in [0.25, 0.3) is 0 Å². The third-order valence-electron chi connectivity index (χ3n) is 3.61. The Bertz CT molecular complexity index is 175. The molecule has 0 nitrogen and oxygen atoms in total. The molecule has 0 N–H and O–H groups in total. The van der Waals surface area contributed by atoms with Gasteiger partial charge >= 0.3 is 0 Å². The molecule has 0 aromatic rings. The molecule has 0 aliphatic heterocycles. The molecule has 0 heterocycles. The number of rotatable bonds is 5. The lowest BCUT2D eigenvalue weighted by molar-refractivity contribution is 0.160. The van der Waals surface area contributed by atoms with E-state index in [0.29, 0.717) is 10.8 Å². The molecule has 0 spiro atoms. The van der Waals surface area contributed by atoms with Crippen LogP contribution in [0.5, 0.6) is 0 Å². The SMILES string of the molecule is CC(C)C(CCCCC(C)(C)C)C(C)(C)C. The predicted molar refractivity (Wildman–Crippen MR) is 75.7 cm³/mol. The zero-order valence-electron chi connectivity index (χ0n) is 13.0. The molecule has 1 atom stereocenters. The Hall–Kier alpha value is 0. The Labute approximate surface area is 104 Å². The normalized spacial score (nSPS) is 15.6. The molecular formula is C16H34. The summed E-state index contributed by atoms with van der Waals surface area (Å²) in [5.41, 5.74) is 0.977. The second kappa shape index (κ2) is 6.07. The van der Waals surface area contributed by atoms with Crippen LogP contribution in [-0.2, 0) is 0 Å². The van der Waals surface area contributed by atoms with Crippen LogP contribution in [-0.4, -0.2) is 0 Å². The monoisotopic (exact) mass is 226 g/mol. The maximum absolute atomic E-state index is 2.39. The quantitative estimate of drug-likeness (QED) is 0.511. The largest absolute Gasteiger partial charge is 0.0625 e. The second-order valence-corrected chi connectivity index (χ2v) is 8.02. The van der Waals surface area contributed by atoms with Gasteiger partial charge in [0.1, 0.15) is 0 Å². The Kier molecular flexibility index (Phi) is 6.07. The molecular weight excluding hydrogens is 192 g/mol. The Morgan fingerprint density at radius 3 is 1.62 bits per heavy atom. The van der Waals surface area contributed by atoms with Crippen LogP contribution in [0.1, 0.15) is 81.1 Å². The molecule has 1 unspecified atom stereocenters. The van der Waals surface area contributed by atoms with Crippen molar-refractivity contribution in [2.24, 2.45) is 22.7 Å². The zero-order chi connectivity index (χ0) is 13.0. The maximum Gasteiger partial charge on any atom is -0.0342 e. The van der Waals surface area contributed by atoms with E-state index >= 15 is 0 Å². The minimum absolute atomic E-state index is 0.468. The molecule has 0 rings (SSSR count). The highest BCUT2D eigenvalue weighted by Gasteiger charge is 2.26. The molecule has 0 fully saturated rings. The van der Waals surface area contributed by atoms with Crippen LogP contribution in [0.4, 0.5) is 0 Å². The molecule has 0 aliphatic rings. The van der Waals surface area contributed by atoms with E-state index in [4.69, 9.17) is 0 Å². The van der Waals surface area contributed by atoms with Gasteiger partial charge in [-0.15, -0.1) is 0 Å². The standard InChI is InChI=1S/C16H34/c1-13(2)14(16(6,7)8)11-9-10-12-15(3,4)5/h13-14H,9-12H2,1-8H3. The van der Waals surface area contributed by atoms with E-state index in [1.54, 1.807) is 0 Å². The Morgan fingerprint density at radius 2 is 1.31 bits per heavy atom. The first-order valence-electron chi connectivity index (χ1n) is 7.04. The lowest BCUT2D eigenvalue weighted by Gasteiger charge is -2.34. The van der Waals surface area contributed by atoms with Crippen LogP contribution < -0.4 is 0 Å². The van der Waals surface area contributed by atoms with Crippen LogP contribution in [0.2, 0.25) is 0 Å². The van der Waals surface area contributed by atoms with Gasteiger partial charge in [-0.2, -0.15) is 0 Å².